The van der Waals surface area contributed by atoms with Crippen molar-refractivity contribution in [2.75, 3.05) is 13.1 Å². The van der Waals surface area contributed by atoms with Gasteiger partial charge in [0.05, 0.1) is 6.04 Å². The highest BCUT2D eigenvalue weighted by Gasteiger charge is 2.30. The van der Waals surface area contributed by atoms with E-state index in [1.54, 1.807) is 0 Å². The Morgan fingerprint density at radius 3 is 2.88 bits per heavy atom. The molecule has 25 heavy (non-hydrogen) atoms. The maximum Gasteiger partial charge on any atom is 0.244 e. The molecule has 0 aliphatic carbocycles. The van der Waals surface area contributed by atoms with E-state index in [0.717, 1.165) is 49.8 Å². The van der Waals surface area contributed by atoms with Crippen molar-refractivity contribution in [1.29, 1.82) is 0 Å². The molecule has 1 saturated heterocycles. The minimum absolute atomic E-state index is 0.244. The zero-order valence-corrected chi connectivity index (χ0v) is 14.5. The van der Waals surface area contributed by atoms with Crippen molar-refractivity contribution in [3.8, 4) is 11.4 Å². The van der Waals surface area contributed by atoms with E-state index in [9.17, 15) is 0 Å². The molecule has 6 nitrogen and oxygen atoms in total. The quantitative estimate of drug-likeness (QED) is 0.689. The number of likely N-dealkylation sites (tertiary alicyclic amines) is 1. The Labute approximate surface area is 147 Å². The Hall–Kier alpha value is -2.47. The summed E-state index contributed by atoms with van der Waals surface area (Å²) in [6.45, 7) is 5.17. The van der Waals surface area contributed by atoms with Gasteiger partial charge < -0.3 is 9.09 Å². The Bertz CT molecular complexity index is 810. The number of rotatable bonds is 6. The van der Waals surface area contributed by atoms with Gasteiger partial charge in [0.2, 0.25) is 11.7 Å². The SMILES string of the molecule is Cc1nccn1CCCN1CCCC1c1nc(-c2ccccc2)no1. The van der Waals surface area contributed by atoms with Gasteiger partial charge in [0.15, 0.2) is 0 Å². The van der Waals surface area contributed by atoms with Crippen LogP contribution in [0.4, 0.5) is 0 Å². The summed E-state index contributed by atoms with van der Waals surface area (Å²) in [5.41, 5.74) is 0.998. The van der Waals surface area contributed by atoms with Gasteiger partial charge in [-0.15, -0.1) is 0 Å². The Balaban J connectivity index is 1.40. The molecule has 1 aromatic carbocycles. The van der Waals surface area contributed by atoms with Crippen LogP contribution < -0.4 is 0 Å². The molecule has 0 bridgehead atoms. The van der Waals surface area contributed by atoms with E-state index in [0.29, 0.717) is 5.82 Å². The second-order valence-electron chi connectivity index (χ2n) is 6.54. The fourth-order valence-electron chi connectivity index (χ4n) is 3.53. The molecule has 0 radical (unpaired) electrons. The van der Waals surface area contributed by atoms with E-state index in [1.165, 1.54) is 6.42 Å². The summed E-state index contributed by atoms with van der Waals surface area (Å²) < 4.78 is 7.79. The monoisotopic (exact) mass is 337 g/mol. The number of aryl methyl sites for hydroxylation is 2. The maximum atomic E-state index is 5.59. The lowest BCUT2D eigenvalue weighted by atomic mass is 10.2. The molecular weight excluding hydrogens is 314 g/mol. The minimum Gasteiger partial charge on any atom is -0.337 e. The number of aromatic nitrogens is 4. The molecule has 0 spiro atoms. The highest BCUT2D eigenvalue weighted by atomic mass is 16.5. The van der Waals surface area contributed by atoms with Crippen molar-refractivity contribution in [1.82, 2.24) is 24.6 Å². The summed E-state index contributed by atoms with van der Waals surface area (Å²) in [5.74, 6) is 2.49. The lowest BCUT2D eigenvalue weighted by Crippen LogP contribution is -2.25. The Kier molecular flexibility index (Phi) is 4.61. The molecule has 130 valence electrons. The summed E-state index contributed by atoms with van der Waals surface area (Å²) in [6, 6.07) is 10.2. The van der Waals surface area contributed by atoms with Crippen molar-refractivity contribution >= 4 is 0 Å². The van der Waals surface area contributed by atoms with Crippen LogP contribution in [0.15, 0.2) is 47.2 Å². The van der Waals surface area contributed by atoms with Gasteiger partial charge >= 0.3 is 0 Å². The number of imidazole rings is 1. The average Bonchev–Trinajstić information content (AvgIpc) is 3.37. The van der Waals surface area contributed by atoms with E-state index >= 15 is 0 Å². The normalized spacial score (nSPS) is 18.0. The number of hydrogen-bond donors (Lipinski definition) is 0. The molecule has 3 heterocycles. The maximum absolute atomic E-state index is 5.59. The molecule has 1 unspecified atom stereocenters. The zero-order valence-electron chi connectivity index (χ0n) is 14.5. The number of nitrogens with zero attached hydrogens (tertiary/aromatic N) is 5. The van der Waals surface area contributed by atoms with Gasteiger partial charge in [0.25, 0.3) is 0 Å². The van der Waals surface area contributed by atoms with Gasteiger partial charge in [-0.25, -0.2) is 4.98 Å². The van der Waals surface area contributed by atoms with Crippen LogP contribution in [0.5, 0.6) is 0 Å². The largest absolute Gasteiger partial charge is 0.337 e. The Morgan fingerprint density at radius 2 is 2.08 bits per heavy atom. The lowest BCUT2D eigenvalue weighted by Gasteiger charge is -2.21. The van der Waals surface area contributed by atoms with E-state index in [4.69, 9.17) is 4.52 Å². The first-order valence-corrected chi connectivity index (χ1v) is 8.92. The summed E-state index contributed by atoms with van der Waals surface area (Å²) in [6.07, 6.45) is 7.25. The van der Waals surface area contributed by atoms with Crippen LogP contribution >= 0.6 is 0 Å². The van der Waals surface area contributed by atoms with Crippen molar-refractivity contribution in [3.63, 3.8) is 0 Å². The van der Waals surface area contributed by atoms with Crippen LogP contribution in [0.1, 0.15) is 37.0 Å². The molecule has 2 aromatic heterocycles. The molecule has 0 N–H and O–H groups in total. The van der Waals surface area contributed by atoms with Crippen molar-refractivity contribution in [2.45, 2.75) is 38.8 Å². The van der Waals surface area contributed by atoms with Crippen LogP contribution in [-0.4, -0.2) is 37.7 Å². The molecule has 0 saturated carbocycles. The van der Waals surface area contributed by atoms with Crippen molar-refractivity contribution < 1.29 is 4.52 Å². The third-order valence-electron chi connectivity index (χ3n) is 4.89. The fraction of sp³-hybridized carbons (Fsp3) is 0.421. The van der Waals surface area contributed by atoms with E-state index < -0.39 is 0 Å². The molecule has 6 heteroatoms. The number of hydrogen-bond acceptors (Lipinski definition) is 5. The van der Waals surface area contributed by atoms with Gasteiger partial charge in [-0.2, -0.15) is 4.98 Å². The predicted octanol–water partition coefficient (Wildman–Crippen LogP) is 3.47. The van der Waals surface area contributed by atoms with Gasteiger partial charge in [-0.1, -0.05) is 35.5 Å². The standard InChI is InChI=1S/C19H23N5O/c1-15-20-10-14-23(15)12-6-13-24-11-5-9-17(24)19-21-18(22-25-19)16-7-3-2-4-8-16/h2-4,7-8,10,14,17H,5-6,9,11-13H2,1H3. The van der Waals surface area contributed by atoms with E-state index in [-0.39, 0.29) is 6.04 Å². The second kappa shape index (κ2) is 7.19. The van der Waals surface area contributed by atoms with E-state index in [1.807, 2.05) is 49.6 Å². The molecule has 4 rings (SSSR count). The highest BCUT2D eigenvalue weighted by molar-refractivity contribution is 5.53. The zero-order chi connectivity index (χ0) is 17.1. The van der Waals surface area contributed by atoms with Gasteiger partial charge in [-0.05, 0) is 32.7 Å². The third-order valence-corrected chi connectivity index (χ3v) is 4.89. The van der Waals surface area contributed by atoms with Crippen molar-refractivity contribution in [2.24, 2.45) is 0 Å². The first kappa shape index (κ1) is 16.0. The van der Waals surface area contributed by atoms with Gasteiger partial charge in [-0.3, -0.25) is 4.90 Å². The first-order chi connectivity index (χ1) is 12.3. The second-order valence-corrected chi connectivity index (χ2v) is 6.54. The summed E-state index contributed by atoms with van der Waals surface area (Å²) in [5, 5.41) is 4.17. The molecule has 1 atom stereocenters. The summed E-state index contributed by atoms with van der Waals surface area (Å²) in [7, 11) is 0. The van der Waals surface area contributed by atoms with Crippen LogP contribution in [0.2, 0.25) is 0 Å². The third kappa shape index (κ3) is 3.49. The predicted molar refractivity (Wildman–Crippen MR) is 94.9 cm³/mol. The van der Waals surface area contributed by atoms with Crippen LogP contribution in [0.25, 0.3) is 11.4 Å². The van der Waals surface area contributed by atoms with Crippen molar-refractivity contribution in [3.05, 3.63) is 54.4 Å². The van der Waals surface area contributed by atoms with Gasteiger partial charge in [0, 0.05) is 31.0 Å². The average molecular weight is 337 g/mol. The van der Waals surface area contributed by atoms with Crippen LogP contribution in [0.3, 0.4) is 0 Å². The minimum atomic E-state index is 0.244. The first-order valence-electron chi connectivity index (χ1n) is 8.92. The summed E-state index contributed by atoms with van der Waals surface area (Å²) >= 11 is 0. The topological polar surface area (TPSA) is 60.0 Å². The van der Waals surface area contributed by atoms with Crippen LogP contribution in [-0.2, 0) is 6.54 Å². The highest BCUT2D eigenvalue weighted by Crippen LogP contribution is 2.32. The smallest absolute Gasteiger partial charge is 0.244 e. The fourth-order valence-corrected chi connectivity index (χ4v) is 3.53. The van der Waals surface area contributed by atoms with Gasteiger partial charge in [0.1, 0.15) is 5.82 Å². The molecule has 1 aliphatic rings. The summed E-state index contributed by atoms with van der Waals surface area (Å²) in [4.78, 5) is 11.4. The lowest BCUT2D eigenvalue weighted by molar-refractivity contribution is 0.203. The molecule has 3 aromatic rings. The number of benzene rings is 1. The van der Waals surface area contributed by atoms with E-state index in [2.05, 4.69) is 24.6 Å². The molecular formula is C19H23N5O. The Morgan fingerprint density at radius 1 is 1.20 bits per heavy atom. The molecule has 0 amide bonds. The molecule has 1 aliphatic heterocycles. The van der Waals surface area contributed by atoms with Crippen LogP contribution in [0, 0.1) is 6.92 Å². The molecule has 1 fully saturated rings.